The first kappa shape index (κ1) is 65.9. The van der Waals surface area contributed by atoms with E-state index in [0.29, 0.717) is 53.1 Å². The zero-order valence-corrected chi connectivity index (χ0v) is 54.3. The largest absolute Gasteiger partial charge is 0.490 e. The van der Waals surface area contributed by atoms with Crippen molar-refractivity contribution in [1.82, 2.24) is 0 Å². The molecule has 2 saturated heterocycles. The monoisotopic (exact) mass is 1340 g/mol. The number of ether oxygens (including phenoxy) is 4. The molecule has 4 aliphatic rings. The Labute approximate surface area is 546 Å². The number of aliphatic hydroxyl groups excluding tert-OH is 6. The van der Waals surface area contributed by atoms with Gasteiger partial charge in [0.15, 0.2) is 0 Å². The zero-order valence-electron chi connectivity index (χ0n) is 46.9. The molecule has 4 heterocycles. The van der Waals surface area contributed by atoms with Crippen LogP contribution in [0.3, 0.4) is 0 Å². The van der Waals surface area contributed by atoms with Crippen LogP contribution in [0.2, 0.25) is 0 Å². The van der Waals surface area contributed by atoms with Gasteiger partial charge in [-0.05, 0) is 89.3 Å². The summed E-state index contributed by atoms with van der Waals surface area (Å²) in [6, 6.07) is 62.1. The fourth-order valence-corrected chi connectivity index (χ4v) is 14.5. The number of aliphatic hydroxyl groups is 6. The van der Waals surface area contributed by atoms with Gasteiger partial charge in [-0.25, -0.2) is 0 Å². The molecule has 6 N–H and O–H groups in total. The van der Waals surface area contributed by atoms with Gasteiger partial charge in [0.25, 0.3) is 14.7 Å². The summed E-state index contributed by atoms with van der Waals surface area (Å²) in [5.74, 6) is 2.21. The quantitative estimate of drug-likeness (QED) is 0.0276. The molecular weight excluding hydrogens is 1270 g/mol. The molecule has 2 fully saturated rings. The Morgan fingerprint density at radius 3 is 1.15 bits per heavy atom. The Morgan fingerprint density at radius 1 is 0.459 bits per heavy atom. The molecule has 0 aliphatic carbocycles. The van der Waals surface area contributed by atoms with Crippen molar-refractivity contribution in [3.05, 3.63) is 216 Å². The van der Waals surface area contributed by atoms with Crippen LogP contribution in [0.1, 0.15) is 22.3 Å². The summed E-state index contributed by atoms with van der Waals surface area (Å²) < 4.78 is 64.9. The molecule has 0 saturated carbocycles. The van der Waals surface area contributed by atoms with Crippen LogP contribution in [-0.2, 0) is 104 Å². The van der Waals surface area contributed by atoms with Crippen LogP contribution in [-0.4, -0.2) is 120 Å². The van der Waals surface area contributed by atoms with Crippen molar-refractivity contribution in [3.63, 3.8) is 0 Å². The summed E-state index contributed by atoms with van der Waals surface area (Å²) in [6.45, 7) is 1.47. The molecule has 0 aromatic heterocycles. The fraction of sp³-hybridized carbons (Fsp3) is 0.262. The maximum Gasteiger partial charge on any atom is 0.296 e. The normalized spacial score (nSPS) is 18.7. The van der Waals surface area contributed by atoms with Crippen LogP contribution in [0.25, 0.3) is 22.3 Å². The third-order valence-electron chi connectivity index (χ3n) is 14.3. The molecule has 20 heteroatoms. The number of hydrogen-bond donors (Lipinski definition) is 6. The first-order chi connectivity index (χ1) is 40.5. The molecule has 2 radical (unpaired) electrons. The number of hydrogen-bond acceptors (Lipinski definition) is 16. The third-order valence-corrected chi connectivity index (χ3v) is 18.9. The maximum atomic E-state index is 15.3. The van der Waals surface area contributed by atoms with Crippen LogP contribution in [0, 0.1) is 0 Å². The molecule has 6 atom stereocenters. The van der Waals surface area contributed by atoms with E-state index >= 15 is 9.13 Å². The Hall–Kier alpha value is -5.09. The van der Waals surface area contributed by atoms with Gasteiger partial charge in [-0.2, -0.15) is 0 Å². The first-order valence-corrected chi connectivity index (χ1v) is 31.2. The van der Waals surface area contributed by atoms with Crippen molar-refractivity contribution in [2.24, 2.45) is 0 Å². The van der Waals surface area contributed by atoms with Crippen molar-refractivity contribution in [1.29, 1.82) is 0 Å². The van der Waals surface area contributed by atoms with Gasteiger partial charge in [0.1, 0.15) is 73.2 Å². The molecule has 0 spiro atoms. The van der Waals surface area contributed by atoms with Gasteiger partial charge in [0, 0.05) is 112 Å². The molecule has 0 bridgehead atoms. The second kappa shape index (κ2) is 31.2. The van der Waals surface area contributed by atoms with E-state index < -0.39 is 40.2 Å². The molecular formula is C65H68N2O14P2Y2. The minimum absolute atomic E-state index is 0. The summed E-state index contributed by atoms with van der Waals surface area (Å²) in [4.78, 5) is 4.08. The van der Waals surface area contributed by atoms with Gasteiger partial charge in [-0.1, -0.05) is 133 Å². The number of rotatable bonds is 22. The van der Waals surface area contributed by atoms with E-state index in [0.717, 1.165) is 69.1 Å². The Morgan fingerprint density at radius 2 is 0.800 bits per heavy atom. The van der Waals surface area contributed by atoms with Crippen LogP contribution in [0.4, 0.5) is 11.4 Å². The number of benzene rings is 8. The number of anilines is 2. The summed E-state index contributed by atoms with van der Waals surface area (Å²) in [6.07, 6.45) is -0.995. The summed E-state index contributed by atoms with van der Waals surface area (Å²) >= 11 is 0. The van der Waals surface area contributed by atoms with Gasteiger partial charge in [0.05, 0.1) is 50.3 Å². The third kappa shape index (κ3) is 17.2. The average Bonchev–Trinajstić information content (AvgIpc) is 3.52. The molecule has 0 amide bonds. The second-order valence-electron chi connectivity index (χ2n) is 20.5. The molecule has 8 aromatic rings. The van der Waals surface area contributed by atoms with Crippen molar-refractivity contribution in [2.75, 3.05) is 75.2 Å². The maximum absolute atomic E-state index is 15.3. The zero-order chi connectivity index (χ0) is 57.8. The topological polar surface area (TPSA) is 224 Å². The predicted molar refractivity (Wildman–Crippen MR) is 321 cm³/mol. The van der Waals surface area contributed by atoms with Gasteiger partial charge in [-0.3, -0.25) is 9.13 Å². The van der Waals surface area contributed by atoms with Crippen molar-refractivity contribution in [3.8, 4) is 45.3 Å². The van der Waals surface area contributed by atoms with Gasteiger partial charge < -0.3 is 68.4 Å². The van der Waals surface area contributed by atoms with E-state index in [4.69, 9.17) is 28.7 Å². The van der Waals surface area contributed by atoms with Gasteiger partial charge in [-0.15, -0.1) is 0 Å². The number of nitrogens with zero attached hydrogens (tertiary/aromatic N) is 2. The van der Waals surface area contributed by atoms with Crippen molar-refractivity contribution in [2.45, 2.75) is 43.9 Å². The molecule has 16 nitrogen and oxygen atoms in total. The molecule has 4 aliphatic heterocycles. The molecule has 438 valence electrons. The van der Waals surface area contributed by atoms with Crippen LogP contribution >= 0.6 is 14.7 Å². The number of epoxide rings is 2. The molecule has 6 unspecified atom stereocenters. The van der Waals surface area contributed by atoms with Crippen LogP contribution in [0.15, 0.2) is 194 Å². The Kier molecular flexibility index (Phi) is 24.2. The van der Waals surface area contributed by atoms with Crippen molar-refractivity contribution < 1.29 is 133 Å². The Balaban J connectivity index is 0.000000711. The number of para-hydroxylation sites is 4. The predicted octanol–water partition coefficient (Wildman–Crippen LogP) is 8.75. The minimum Gasteiger partial charge on any atom is -0.490 e. The van der Waals surface area contributed by atoms with Gasteiger partial charge in [0.2, 0.25) is 0 Å². The minimum atomic E-state index is -3.55. The first-order valence-electron chi connectivity index (χ1n) is 27.5. The summed E-state index contributed by atoms with van der Waals surface area (Å²) in [7, 11) is -7.10. The molecule has 85 heavy (non-hydrogen) atoms. The average molecular weight is 1340 g/mol. The fourth-order valence-electron chi connectivity index (χ4n) is 9.73. The summed E-state index contributed by atoms with van der Waals surface area (Å²) in [5.41, 5.74) is 8.84. The standard InChI is InChI=1S/C59H56N2O10P2.2C3H6O2.2Y/c62-36-48(64)38-68-54-19-7-1-13-44(54)34-60(40-72(66)58-23-11-5-17-52(58)50-15-3-9-21-56(50)70-72)46-29-25-42(26-30-46)33-43-27-31-47(32-28-43)61(35-45-14-2-8-20-55(45)69-39-49(65)37-63)41-73(67)59-24-12-6-18-53(59)51-16-4-10-22-57(51)71-73;2*4-1-3-2-5-3;;/h1-32,48-49,62-65H,33-41H2;2*3-4H,1-2H2;;. The molecule has 8 aromatic carbocycles. The summed E-state index contributed by atoms with van der Waals surface area (Å²) in [5, 5.41) is 56.7. The number of fused-ring (bicyclic) bond motifs is 6. The van der Waals surface area contributed by atoms with E-state index in [1.165, 1.54) is 0 Å². The SMILES string of the molecule is O=P1(CN(Cc2ccccc2OCC(O)CO)c2ccc(Cc3ccc(N(Cc4ccccc4OCC(O)CO)CP4(=O)Oc5ccccc5-c5ccccc54)cc3)cc2)Oc2ccccc2-c2ccccc21.OCC1CO1.OCC1CO1.[Y].[Y]. The molecule has 12 rings (SSSR count). The second-order valence-corrected chi connectivity index (χ2v) is 25.1. The van der Waals surface area contributed by atoms with E-state index in [9.17, 15) is 20.4 Å². The van der Waals surface area contributed by atoms with Crippen LogP contribution < -0.4 is 38.9 Å². The van der Waals surface area contributed by atoms with E-state index in [1.54, 1.807) is 0 Å². The van der Waals surface area contributed by atoms with Crippen molar-refractivity contribution >= 4 is 36.7 Å². The van der Waals surface area contributed by atoms with Gasteiger partial charge >= 0.3 is 0 Å². The van der Waals surface area contributed by atoms with Crippen LogP contribution in [0.5, 0.6) is 23.0 Å². The Bertz CT molecular complexity index is 3310. The van der Waals surface area contributed by atoms with E-state index in [1.807, 2.05) is 180 Å². The van der Waals surface area contributed by atoms with E-state index in [2.05, 4.69) is 33.7 Å². The smallest absolute Gasteiger partial charge is 0.296 e. The van der Waals surface area contributed by atoms with E-state index in [-0.39, 0.29) is 117 Å².